The maximum atomic E-state index is 12.2. The Morgan fingerprint density at radius 1 is 1.48 bits per heavy atom. The van der Waals surface area contributed by atoms with Gasteiger partial charge in [-0.3, -0.25) is 9.78 Å². The van der Waals surface area contributed by atoms with Gasteiger partial charge in [-0.05, 0) is 25.0 Å². The summed E-state index contributed by atoms with van der Waals surface area (Å²) in [6, 6.07) is 3.55. The number of aromatic nitrogens is 1. The zero-order valence-corrected chi connectivity index (χ0v) is 11.8. The molecule has 1 N–H and O–H groups in total. The molecule has 0 aliphatic carbocycles. The van der Waals surface area contributed by atoms with E-state index in [0.717, 1.165) is 12.8 Å². The van der Waals surface area contributed by atoms with E-state index in [1.807, 2.05) is 0 Å². The van der Waals surface area contributed by atoms with Crippen LogP contribution in [0.3, 0.4) is 0 Å². The van der Waals surface area contributed by atoms with Gasteiger partial charge >= 0.3 is 6.09 Å². The van der Waals surface area contributed by atoms with Crippen molar-refractivity contribution in [2.45, 2.75) is 18.9 Å². The zero-order valence-electron chi connectivity index (χ0n) is 11.8. The van der Waals surface area contributed by atoms with Gasteiger partial charge in [0, 0.05) is 31.5 Å². The molecule has 1 aliphatic heterocycles. The number of hydrogen-bond acceptors (Lipinski definition) is 4. The van der Waals surface area contributed by atoms with Crippen molar-refractivity contribution in [1.82, 2.24) is 15.2 Å². The fraction of sp³-hybridized carbons (Fsp3) is 0.400. The van der Waals surface area contributed by atoms with Gasteiger partial charge in [-0.25, -0.2) is 4.79 Å². The number of rotatable bonds is 4. The first kappa shape index (κ1) is 15.0. The lowest BCUT2D eigenvalue weighted by molar-refractivity contribution is 0.0702. The molecule has 6 heteroatoms. The van der Waals surface area contributed by atoms with Crippen LogP contribution < -0.4 is 5.32 Å². The summed E-state index contributed by atoms with van der Waals surface area (Å²) in [5.74, 6) is -0.0178. The molecule has 2 rings (SSSR count). The molecule has 112 valence electrons. The zero-order chi connectivity index (χ0) is 15.1. The molecule has 1 aromatic rings. The molecular formula is C15H19N3O3. The highest BCUT2D eigenvalue weighted by Gasteiger charge is 2.24. The average Bonchev–Trinajstić information content (AvgIpc) is 2.54. The largest absolute Gasteiger partial charge is 0.445 e. The number of hydrogen-bond donors (Lipinski definition) is 1. The summed E-state index contributed by atoms with van der Waals surface area (Å²) in [4.78, 5) is 29.4. The fourth-order valence-electron chi connectivity index (χ4n) is 2.24. The minimum Gasteiger partial charge on any atom is -0.445 e. The van der Waals surface area contributed by atoms with Crippen LogP contribution in [0.15, 0.2) is 37.2 Å². The molecular weight excluding hydrogens is 270 g/mol. The molecule has 1 aromatic heterocycles. The predicted octanol–water partition coefficient (Wildman–Crippen LogP) is 1.60. The van der Waals surface area contributed by atoms with Gasteiger partial charge in [0.1, 0.15) is 6.61 Å². The second kappa shape index (κ2) is 7.42. The van der Waals surface area contributed by atoms with E-state index < -0.39 is 6.09 Å². The number of ether oxygens (including phenoxy) is 1. The average molecular weight is 289 g/mol. The van der Waals surface area contributed by atoms with E-state index in [4.69, 9.17) is 4.74 Å². The topological polar surface area (TPSA) is 71.5 Å². The first-order chi connectivity index (χ1) is 10.2. The molecule has 2 amide bonds. The third-order valence-corrected chi connectivity index (χ3v) is 3.34. The molecule has 1 aliphatic rings. The van der Waals surface area contributed by atoms with Gasteiger partial charge in [-0.2, -0.15) is 0 Å². The Kier molecular flexibility index (Phi) is 5.31. The Labute approximate surface area is 123 Å². The molecule has 0 aromatic carbocycles. The van der Waals surface area contributed by atoms with Gasteiger partial charge < -0.3 is 15.0 Å². The number of piperidine rings is 1. The summed E-state index contributed by atoms with van der Waals surface area (Å²) in [6.45, 7) is 4.90. The number of pyridine rings is 1. The van der Waals surface area contributed by atoms with Crippen LogP contribution in [0.5, 0.6) is 0 Å². The number of nitrogens with one attached hydrogen (secondary N) is 1. The highest BCUT2D eigenvalue weighted by atomic mass is 16.5. The van der Waals surface area contributed by atoms with Crippen molar-refractivity contribution >= 4 is 12.0 Å². The van der Waals surface area contributed by atoms with E-state index in [9.17, 15) is 9.59 Å². The Morgan fingerprint density at radius 2 is 2.24 bits per heavy atom. The van der Waals surface area contributed by atoms with Gasteiger partial charge in [0.2, 0.25) is 0 Å². The molecule has 0 radical (unpaired) electrons. The summed E-state index contributed by atoms with van der Waals surface area (Å²) >= 11 is 0. The van der Waals surface area contributed by atoms with E-state index in [-0.39, 0.29) is 18.6 Å². The third kappa shape index (κ3) is 4.30. The number of carbonyl (C=O) groups excluding carboxylic acids is 2. The van der Waals surface area contributed by atoms with Gasteiger partial charge in [0.15, 0.2) is 0 Å². The molecule has 0 saturated carbocycles. The molecule has 2 heterocycles. The van der Waals surface area contributed by atoms with Crippen molar-refractivity contribution in [2.75, 3.05) is 19.7 Å². The van der Waals surface area contributed by atoms with E-state index >= 15 is 0 Å². The van der Waals surface area contributed by atoms with Crippen molar-refractivity contribution in [2.24, 2.45) is 0 Å². The summed E-state index contributed by atoms with van der Waals surface area (Å²) in [6.07, 6.45) is 5.73. The van der Waals surface area contributed by atoms with E-state index in [0.29, 0.717) is 18.7 Å². The summed E-state index contributed by atoms with van der Waals surface area (Å²) in [7, 11) is 0. The Balaban J connectivity index is 1.79. The quantitative estimate of drug-likeness (QED) is 0.855. The molecule has 0 unspecified atom stereocenters. The van der Waals surface area contributed by atoms with Crippen LogP contribution >= 0.6 is 0 Å². The SMILES string of the molecule is C=CCOC(=O)NC1CCN(C(=O)c2cccnc2)CC1. The first-order valence-electron chi connectivity index (χ1n) is 6.94. The van der Waals surface area contributed by atoms with Gasteiger partial charge in [-0.15, -0.1) is 0 Å². The maximum absolute atomic E-state index is 12.2. The molecule has 1 saturated heterocycles. The Morgan fingerprint density at radius 3 is 2.86 bits per heavy atom. The van der Waals surface area contributed by atoms with E-state index in [1.165, 1.54) is 6.08 Å². The summed E-state index contributed by atoms with van der Waals surface area (Å²) in [5, 5.41) is 2.79. The number of nitrogens with zero attached hydrogens (tertiary/aromatic N) is 2. The van der Waals surface area contributed by atoms with Crippen LogP contribution in [0.1, 0.15) is 23.2 Å². The normalized spacial score (nSPS) is 15.3. The van der Waals surface area contributed by atoms with Gasteiger partial charge in [-0.1, -0.05) is 12.7 Å². The van der Waals surface area contributed by atoms with Crippen molar-refractivity contribution in [3.05, 3.63) is 42.7 Å². The van der Waals surface area contributed by atoms with Crippen molar-refractivity contribution in [3.63, 3.8) is 0 Å². The molecule has 6 nitrogen and oxygen atoms in total. The number of carbonyl (C=O) groups is 2. The number of amides is 2. The van der Waals surface area contributed by atoms with Gasteiger partial charge in [0.05, 0.1) is 5.56 Å². The summed E-state index contributed by atoms with van der Waals surface area (Å²) < 4.78 is 4.88. The van der Waals surface area contributed by atoms with Gasteiger partial charge in [0.25, 0.3) is 5.91 Å². The monoisotopic (exact) mass is 289 g/mol. The molecule has 0 spiro atoms. The molecule has 1 fully saturated rings. The predicted molar refractivity (Wildman–Crippen MR) is 77.8 cm³/mol. The number of alkyl carbamates (subject to hydrolysis) is 1. The lowest BCUT2D eigenvalue weighted by Gasteiger charge is -2.32. The lowest BCUT2D eigenvalue weighted by Crippen LogP contribution is -2.46. The molecule has 0 atom stereocenters. The minimum absolute atomic E-state index is 0.0178. The van der Waals surface area contributed by atoms with E-state index in [2.05, 4.69) is 16.9 Å². The highest BCUT2D eigenvalue weighted by Crippen LogP contribution is 2.13. The fourth-order valence-corrected chi connectivity index (χ4v) is 2.24. The second-order valence-corrected chi connectivity index (χ2v) is 4.84. The minimum atomic E-state index is -0.438. The van der Waals surface area contributed by atoms with Crippen LogP contribution in [0.25, 0.3) is 0 Å². The Bertz CT molecular complexity index is 496. The molecule has 0 bridgehead atoms. The van der Waals surface area contributed by atoms with Crippen LogP contribution in [-0.2, 0) is 4.74 Å². The Hall–Kier alpha value is -2.37. The standard InChI is InChI=1S/C15H19N3O3/c1-2-10-21-15(20)17-13-5-8-18(9-6-13)14(19)12-4-3-7-16-11-12/h2-4,7,11,13H,1,5-6,8-10H2,(H,17,20). The smallest absolute Gasteiger partial charge is 0.407 e. The maximum Gasteiger partial charge on any atom is 0.407 e. The van der Waals surface area contributed by atoms with Crippen LogP contribution in [0, 0.1) is 0 Å². The van der Waals surface area contributed by atoms with Crippen molar-refractivity contribution < 1.29 is 14.3 Å². The van der Waals surface area contributed by atoms with Crippen LogP contribution in [0.2, 0.25) is 0 Å². The second-order valence-electron chi connectivity index (χ2n) is 4.84. The van der Waals surface area contributed by atoms with Crippen LogP contribution in [0.4, 0.5) is 4.79 Å². The lowest BCUT2D eigenvalue weighted by atomic mass is 10.0. The third-order valence-electron chi connectivity index (χ3n) is 3.34. The van der Waals surface area contributed by atoms with Crippen molar-refractivity contribution in [1.29, 1.82) is 0 Å². The first-order valence-corrected chi connectivity index (χ1v) is 6.94. The number of likely N-dealkylation sites (tertiary alicyclic amines) is 1. The highest BCUT2D eigenvalue weighted by molar-refractivity contribution is 5.93. The summed E-state index contributed by atoms with van der Waals surface area (Å²) in [5.41, 5.74) is 0.592. The van der Waals surface area contributed by atoms with E-state index in [1.54, 1.807) is 29.4 Å². The van der Waals surface area contributed by atoms with Crippen molar-refractivity contribution in [3.8, 4) is 0 Å². The molecule has 21 heavy (non-hydrogen) atoms. The van der Waals surface area contributed by atoms with Crippen LogP contribution in [-0.4, -0.2) is 47.6 Å².